The zero-order chi connectivity index (χ0) is 18.0. The van der Waals surface area contributed by atoms with Crippen molar-refractivity contribution < 1.29 is 4.79 Å². The molecule has 1 aromatic heterocycles. The lowest BCUT2D eigenvalue weighted by atomic mass is 10.1. The first-order valence-corrected chi connectivity index (χ1v) is 8.03. The van der Waals surface area contributed by atoms with Gasteiger partial charge in [-0.15, -0.1) is 5.10 Å². The van der Waals surface area contributed by atoms with Crippen LogP contribution in [0.25, 0.3) is 11.0 Å². The second-order valence-electron chi connectivity index (χ2n) is 6.36. The maximum Gasteiger partial charge on any atom is 0.248 e. The molecule has 0 aliphatic carbocycles. The summed E-state index contributed by atoms with van der Waals surface area (Å²) in [6.45, 7) is 1.40. The zero-order valence-electron chi connectivity index (χ0n) is 14.7. The molecule has 130 valence electrons. The van der Waals surface area contributed by atoms with E-state index in [0.717, 1.165) is 34.4 Å². The summed E-state index contributed by atoms with van der Waals surface area (Å²) in [5.41, 5.74) is 10.9. The number of aromatic nitrogens is 3. The third kappa shape index (κ3) is 3.77. The van der Waals surface area contributed by atoms with Gasteiger partial charge in [-0.1, -0.05) is 17.3 Å². The van der Waals surface area contributed by atoms with Crippen molar-refractivity contribution in [3.05, 3.63) is 53.1 Å². The molecule has 0 aliphatic heterocycles. The number of carbonyl (C=O) groups is 1. The van der Waals surface area contributed by atoms with Crippen LogP contribution in [0, 0.1) is 0 Å². The van der Waals surface area contributed by atoms with Crippen LogP contribution in [0.3, 0.4) is 0 Å². The first-order valence-electron chi connectivity index (χ1n) is 8.03. The molecule has 1 amide bonds. The van der Waals surface area contributed by atoms with Crippen molar-refractivity contribution in [2.75, 3.05) is 19.4 Å². The zero-order valence-corrected chi connectivity index (χ0v) is 14.7. The summed E-state index contributed by atoms with van der Waals surface area (Å²) in [5, 5.41) is 11.5. The number of carbonyl (C=O) groups excluding carboxylic acids is 1. The third-order valence-electron chi connectivity index (χ3n) is 4.04. The molecule has 25 heavy (non-hydrogen) atoms. The van der Waals surface area contributed by atoms with E-state index in [0.29, 0.717) is 12.1 Å². The summed E-state index contributed by atoms with van der Waals surface area (Å²) in [4.78, 5) is 13.6. The molecule has 1 heterocycles. The standard InChI is InChI=1S/C18H22N6O/c1-23(2)11-14-6-5-13(18(19)25)9-16(14)20-10-12-4-7-15-17(8-12)24(3)22-21-15/h4-9,20H,10-11H2,1-3H3,(H2,19,25). The highest BCUT2D eigenvalue weighted by molar-refractivity contribution is 5.94. The molecule has 3 N–H and O–H groups in total. The van der Waals surface area contributed by atoms with Gasteiger partial charge in [0.1, 0.15) is 5.52 Å². The molecule has 0 radical (unpaired) electrons. The van der Waals surface area contributed by atoms with Crippen molar-refractivity contribution in [3.8, 4) is 0 Å². The Morgan fingerprint density at radius 2 is 2.04 bits per heavy atom. The van der Waals surface area contributed by atoms with Crippen LogP contribution in [-0.4, -0.2) is 39.9 Å². The first kappa shape index (κ1) is 16.9. The van der Waals surface area contributed by atoms with Gasteiger partial charge in [-0.05, 0) is 49.5 Å². The van der Waals surface area contributed by atoms with Gasteiger partial charge in [0.2, 0.25) is 5.91 Å². The highest BCUT2D eigenvalue weighted by Crippen LogP contribution is 2.21. The number of primary amides is 1. The number of hydrogen-bond acceptors (Lipinski definition) is 5. The second kappa shape index (κ2) is 6.90. The fourth-order valence-electron chi connectivity index (χ4n) is 2.76. The van der Waals surface area contributed by atoms with Gasteiger partial charge in [-0.3, -0.25) is 4.79 Å². The largest absolute Gasteiger partial charge is 0.381 e. The number of nitrogens with two attached hydrogens (primary N) is 1. The topological polar surface area (TPSA) is 89.1 Å². The highest BCUT2D eigenvalue weighted by Gasteiger charge is 2.09. The number of nitrogens with one attached hydrogen (secondary N) is 1. The Labute approximate surface area is 146 Å². The van der Waals surface area contributed by atoms with Crippen molar-refractivity contribution >= 4 is 22.6 Å². The van der Waals surface area contributed by atoms with Crippen molar-refractivity contribution in [1.29, 1.82) is 0 Å². The Bertz CT molecular complexity index is 915. The lowest BCUT2D eigenvalue weighted by Crippen LogP contribution is -2.15. The Balaban J connectivity index is 1.85. The molecule has 0 bridgehead atoms. The minimum atomic E-state index is -0.429. The normalized spacial score (nSPS) is 11.2. The second-order valence-corrected chi connectivity index (χ2v) is 6.36. The molecule has 2 aromatic carbocycles. The maximum atomic E-state index is 11.5. The molecule has 0 fully saturated rings. The lowest BCUT2D eigenvalue weighted by Gasteiger charge is -2.16. The van der Waals surface area contributed by atoms with Gasteiger partial charge in [0.05, 0.1) is 5.52 Å². The SMILES string of the molecule is CN(C)Cc1ccc(C(N)=O)cc1NCc1ccc2nnn(C)c2c1. The van der Waals surface area contributed by atoms with Crippen molar-refractivity contribution in [2.24, 2.45) is 12.8 Å². The maximum absolute atomic E-state index is 11.5. The van der Waals surface area contributed by atoms with Gasteiger partial charge in [0.25, 0.3) is 0 Å². The summed E-state index contributed by atoms with van der Waals surface area (Å²) in [7, 11) is 5.89. The summed E-state index contributed by atoms with van der Waals surface area (Å²) < 4.78 is 1.75. The smallest absolute Gasteiger partial charge is 0.248 e. The van der Waals surface area contributed by atoms with Crippen LogP contribution in [0.1, 0.15) is 21.5 Å². The molecular weight excluding hydrogens is 316 g/mol. The van der Waals surface area contributed by atoms with Crippen LogP contribution in [0.4, 0.5) is 5.69 Å². The van der Waals surface area contributed by atoms with Crippen LogP contribution >= 0.6 is 0 Å². The van der Waals surface area contributed by atoms with Crippen molar-refractivity contribution in [3.63, 3.8) is 0 Å². The molecule has 7 nitrogen and oxygen atoms in total. The Morgan fingerprint density at radius 3 is 2.76 bits per heavy atom. The van der Waals surface area contributed by atoms with Gasteiger partial charge < -0.3 is 16.0 Å². The van der Waals surface area contributed by atoms with Gasteiger partial charge in [-0.2, -0.15) is 0 Å². The van der Waals surface area contributed by atoms with Gasteiger partial charge in [-0.25, -0.2) is 4.68 Å². The van der Waals surface area contributed by atoms with E-state index in [-0.39, 0.29) is 0 Å². The fraction of sp³-hybridized carbons (Fsp3) is 0.278. The number of fused-ring (bicyclic) bond motifs is 1. The van der Waals surface area contributed by atoms with Crippen LogP contribution in [-0.2, 0) is 20.1 Å². The molecule has 0 aliphatic rings. The number of nitrogens with zero attached hydrogens (tertiary/aromatic N) is 4. The predicted molar refractivity (Wildman–Crippen MR) is 98.2 cm³/mol. The molecule has 7 heteroatoms. The summed E-state index contributed by atoms with van der Waals surface area (Å²) >= 11 is 0. The van der Waals surface area contributed by atoms with Crippen LogP contribution < -0.4 is 11.1 Å². The van der Waals surface area contributed by atoms with Gasteiger partial charge in [0, 0.05) is 31.4 Å². The van der Waals surface area contributed by atoms with E-state index in [1.807, 2.05) is 45.4 Å². The third-order valence-corrected chi connectivity index (χ3v) is 4.04. The van der Waals surface area contributed by atoms with E-state index in [2.05, 4.69) is 26.6 Å². The predicted octanol–water partition coefficient (Wildman–Crippen LogP) is 1.74. The fourth-order valence-corrected chi connectivity index (χ4v) is 2.76. The van der Waals surface area contributed by atoms with E-state index >= 15 is 0 Å². The van der Waals surface area contributed by atoms with E-state index < -0.39 is 5.91 Å². The van der Waals surface area contributed by atoms with Crippen molar-refractivity contribution in [2.45, 2.75) is 13.1 Å². The molecule has 3 rings (SSSR count). The summed E-state index contributed by atoms with van der Waals surface area (Å²) in [6, 6.07) is 11.6. The van der Waals surface area contributed by atoms with Gasteiger partial charge >= 0.3 is 0 Å². The minimum absolute atomic E-state index is 0.429. The summed E-state index contributed by atoms with van der Waals surface area (Å²) in [6.07, 6.45) is 0. The molecule has 0 saturated carbocycles. The van der Waals surface area contributed by atoms with Crippen LogP contribution in [0.15, 0.2) is 36.4 Å². The minimum Gasteiger partial charge on any atom is -0.381 e. The number of aryl methyl sites for hydroxylation is 1. The van der Waals surface area contributed by atoms with Crippen molar-refractivity contribution in [1.82, 2.24) is 19.9 Å². The Morgan fingerprint density at radius 1 is 1.24 bits per heavy atom. The molecule has 0 spiro atoms. The molecule has 0 unspecified atom stereocenters. The summed E-state index contributed by atoms with van der Waals surface area (Å²) in [5.74, 6) is -0.429. The average Bonchev–Trinajstić information content (AvgIpc) is 2.94. The van der Waals surface area contributed by atoms with Crippen LogP contribution in [0.5, 0.6) is 0 Å². The average molecular weight is 338 g/mol. The molecule has 3 aromatic rings. The Hall–Kier alpha value is -2.93. The number of anilines is 1. The number of rotatable bonds is 6. The van der Waals surface area contributed by atoms with E-state index in [1.165, 1.54) is 0 Å². The Kier molecular flexibility index (Phi) is 4.67. The van der Waals surface area contributed by atoms with Crippen LogP contribution in [0.2, 0.25) is 0 Å². The van der Waals surface area contributed by atoms with Gasteiger partial charge in [0.15, 0.2) is 0 Å². The monoisotopic (exact) mass is 338 g/mol. The number of benzene rings is 2. The van der Waals surface area contributed by atoms with E-state index in [9.17, 15) is 4.79 Å². The van der Waals surface area contributed by atoms with E-state index in [4.69, 9.17) is 5.73 Å². The molecular formula is C18H22N6O. The first-order chi connectivity index (χ1) is 11.9. The molecule has 0 atom stereocenters. The van der Waals surface area contributed by atoms with E-state index in [1.54, 1.807) is 10.7 Å². The number of hydrogen-bond donors (Lipinski definition) is 2. The highest BCUT2D eigenvalue weighted by atomic mass is 16.1. The lowest BCUT2D eigenvalue weighted by molar-refractivity contribution is 0.100. The quantitative estimate of drug-likeness (QED) is 0.715. The number of amides is 1. The molecule has 0 saturated heterocycles.